The number of aliphatic hydroxyl groups excluding tert-OH is 1. The molecule has 3 saturated carbocycles. The van der Waals surface area contributed by atoms with E-state index in [1.54, 1.807) is 5.57 Å². The maximum absolute atomic E-state index is 10.4. The van der Waals surface area contributed by atoms with Crippen LogP contribution in [0.1, 0.15) is 89.3 Å². The van der Waals surface area contributed by atoms with E-state index in [1.807, 2.05) is 12.3 Å². The third-order valence-electron chi connectivity index (χ3n) is 11.7. The molecule has 0 amide bonds. The van der Waals surface area contributed by atoms with Crippen LogP contribution in [-0.4, -0.2) is 26.0 Å². The molecule has 4 heteroatoms. The van der Waals surface area contributed by atoms with Crippen LogP contribution in [-0.2, 0) is 6.42 Å². The fourth-order valence-corrected chi connectivity index (χ4v) is 9.59. The summed E-state index contributed by atoms with van der Waals surface area (Å²) in [5.74, 6) is 2.75. The number of fused-ring (bicyclic) bond motifs is 5. The Morgan fingerprint density at radius 2 is 1.82 bits per heavy atom. The van der Waals surface area contributed by atoms with Crippen LogP contribution in [0.2, 0.25) is 0 Å². The molecule has 1 aromatic carbocycles. The number of pyridine rings is 1. The topological polar surface area (TPSA) is 50.9 Å². The molecule has 0 radical (unpaired) electrons. The second-order valence-corrected chi connectivity index (χ2v) is 13.4. The monoisotopic (exact) mass is 521 g/mol. The van der Waals surface area contributed by atoms with Gasteiger partial charge in [-0.25, -0.2) is 4.68 Å². The maximum Gasteiger partial charge on any atom is 0.0928 e. The minimum atomic E-state index is -0.133. The van der Waals surface area contributed by atoms with Crippen molar-refractivity contribution in [3.63, 3.8) is 0 Å². The fourth-order valence-electron chi connectivity index (χ4n) is 9.59. The van der Waals surface area contributed by atoms with Crippen molar-refractivity contribution >= 4 is 0 Å². The molecule has 3 aromatic rings. The van der Waals surface area contributed by atoms with E-state index in [1.165, 1.54) is 49.0 Å². The summed E-state index contributed by atoms with van der Waals surface area (Å²) in [5.41, 5.74) is 7.97. The molecule has 39 heavy (non-hydrogen) atoms. The molecular formula is C35H43N3O. The molecule has 3 fully saturated rings. The Labute approximate surface area is 233 Å². The van der Waals surface area contributed by atoms with Crippen molar-refractivity contribution in [3.8, 4) is 17.1 Å². The van der Waals surface area contributed by atoms with Gasteiger partial charge in [0.05, 0.1) is 28.9 Å². The molecular weight excluding hydrogens is 478 g/mol. The molecule has 0 spiro atoms. The lowest BCUT2D eigenvalue weighted by Gasteiger charge is -2.58. The van der Waals surface area contributed by atoms with Crippen molar-refractivity contribution in [2.24, 2.45) is 28.6 Å². The average Bonchev–Trinajstić information content (AvgIpc) is 3.55. The number of benzene rings is 1. The van der Waals surface area contributed by atoms with Crippen LogP contribution >= 0.6 is 0 Å². The van der Waals surface area contributed by atoms with E-state index in [-0.39, 0.29) is 11.5 Å². The highest BCUT2D eigenvalue weighted by atomic mass is 16.3. The molecule has 7 rings (SSSR count). The third kappa shape index (κ3) is 3.89. The van der Waals surface area contributed by atoms with Gasteiger partial charge in [0.25, 0.3) is 0 Å². The normalized spacial score (nSPS) is 35.6. The van der Waals surface area contributed by atoms with Gasteiger partial charge in [-0.3, -0.25) is 4.98 Å². The van der Waals surface area contributed by atoms with Gasteiger partial charge in [-0.2, -0.15) is 5.10 Å². The van der Waals surface area contributed by atoms with Crippen LogP contribution in [0.5, 0.6) is 0 Å². The molecule has 4 aliphatic rings. The van der Waals surface area contributed by atoms with E-state index in [2.05, 4.69) is 74.0 Å². The van der Waals surface area contributed by atoms with Crippen LogP contribution in [0.15, 0.2) is 66.4 Å². The maximum atomic E-state index is 10.4. The van der Waals surface area contributed by atoms with Crippen molar-refractivity contribution in [2.45, 2.75) is 90.6 Å². The first kappa shape index (κ1) is 25.3. The van der Waals surface area contributed by atoms with Gasteiger partial charge in [0.2, 0.25) is 0 Å². The summed E-state index contributed by atoms with van der Waals surface area (Å²) in [7, 11) is 0. The highest BCUT2D eigenvalue weighted by molar-refractivity contribution is 5.60. The molecule has 0 bridgehead atoms. The number of aromatic nitrogens is 3. The van der Waals surface area contributed by atoms with Gasteiger partial charge >= 0.3 is 0 Å². The molecule has 1 N–H and O–H groups in total. The quantitative estimate of drug-likeness (QED) is 0.355. The Morgan fingerprint density at radius 3 is 2.64 bits per heavy atom. The van der Waals surface area contributed by atoms with Crippen LogP contribution in [0, 0.1) is 28.6 Å². The number of hydrogen-bond donors (Lipinski definition) is 1. The van der Waals surface area contributed by atoms with E-state index in [0.717, 1.165) is 54.8 Å². The first-order chi connectivity index (χ1) is 18.9. The largest absolute Gasteiger partial charge is 0.393 e. The molecule has 2 aromatic heterocycles. The standard InChI is InChI=1S/C35H43N3O/c1-4-23-9-5-6-11-32(23)38-33(30-10-7-8-20-36-30)22-31(37-38)29-15-14-27-26-13-12-24-21-25(39)16-18-34(24,2)28(26)17-19-35(27,29)3/h5-12,20,22,25-29,39H,4,13-19,21H2,1-3H3/t25-,26-,27-,28-,29+,34-,35-/m0/s1. The number of aliphatic hydroxyl groups is 1. The number of aryl methyl sites for hydroxylation is 1. The highest BCUT2D eigenvalue weighted by Crippen LogP contribution is 2.68. The van der Waals surface area contributed by atoms with Crippen molar-refractivity contribution in [3.05, 3.63) is 77.6 Å². The number of para-hydroxylation sites is 1. The fraction of sp³-hybridized carbons (Fsp3) is 0.543. The Kier molecular flexibility index (Phi) is 6.11. The Bertz CT molecular complexity index is 1390. The van der Waals surface area contributed by atoms with Crippen LogP contribution < -0.4 is 0 Å². The van der Waals surface area contributed by atoms with Gasteiger partial charge in [0, 0.05) is 12.1 Å². The first-order valence-electron chi connectivity index (χ1n) is 15.4. The third-order valence-corrected chi connectivity index (χ3v) is 11.7. The molecule has 0 unspecified atom stereocenters. The van der Waals surface area contributed by atoms with Crippen molar-refractivity contribution in [1.82, 2.24) is 14.8 Å². The van der Waals surface area contributed by atoms with Crippen LogP contribution in [0.3, 0.4) is 0 Å². The summed E-state index contributed by atoms with van der Waals surface area (Å²) in [6.45, 7) is 7.35. The lowest BCUT2D eigenvalue weighted by atomic mass is 9.47. The van der Waals surface area contributed by atoms with Gasteiger partial charge in [0.15, 0.2) is 0 Å². The summed E-state index contributed by atoms with van der Waals surface area (Å²) >= 11 is 0. The summed E-state index contributed by atoms with van der Waals surface area (Å²) in [6.07, 6.45) is 14.6. The predicted molar refractivity (Wildman–Crippen MR) is 157 cm³/mol. The number of hydrogen-bond acceptors (Lipinski definition) is 3. The van der Waals surface area contributed by atoms with E-state index in [4.69, 9.17) is 10.1 Å². The Hall–Kier alpha value is -2.72. The number of nitrogens with zero attached hydrogens (tertiary/aromatic N) is 3. The van der Waals surface area contributed by atoms with Crippen molar-refractivity contribution < 1.29 is 5.11 Å². The highest BCUT2D eigenvalue weighted by Gasteiger charge is 2.59. The Morgan fingerprint density at radius 1 is 0.974 bits per heavy atom. The number of rotatable bonds is 4. The SMILES string of the molecule is CCc1ccccc1-n1nc([C@H]2CC[C@H]3[C@@H]4CC=C5C[C@@H](O)CC[C@]5(C)[C@H]4CC[C@]23C)cc1-c1ccccn1. The van der Waals surface area contributed by atoms with Crippen LogP contribution in [0.25, 0.3) is 17.1 Å². The van der Waals surface area contributed by atoms with E-state index < -0.39 is 0 Å². The second-order valence-electron chi connectivity index (χ2n) is 13.4. The zero-order chi connectivity index (χ0) is 26.8. The van der Waals surface area contributed by atoms with E-state index in [0.29, 0.717) is 11.3 Å². The zero-order valence-corrected chi connectivity index (χ0v) is 23.8. The van der Waals surface area contributed by atoms with Gasteiger partial charge in [-0.1, -0.05) is 56.7 Å². The minimum Gasteiger partial charge on any atom is -0.393 e. The Balaban J connectivity index is 1.26. The molecule has 4 nitrogen and oxygen atoms in total. The summed E-state index contributed by atoms with van der Waals surface area (Å²) in [4.78, 5) is 4.75. The summed E-state index contributed by atoms with van der Waals surface area (Å²) < 4.78 is 2.18. The predicted octanol–water partition coefficient (Wildman–Crippen LogP) is 7.90. The zero-order valence-electron chi connectivity index (χ0n) is 23.8. The molecule has 7 atom stereocenters. The van der Waals surface area contributed by atoms with E-state index in [9.17, 15) is 5.11 Å². The lowest BCUT2D eigenvalue weighted by Crippen LogP contribution is -2.50. The van der Waals surface area contributed by atoms with Gasteiger partial charge in [-0.05, 0) is 116 Å². The van der Waals surface area contributed by atoms with Crippen LogP contribution in [0.4, 0.5) is 0 Å². The van der Waals surface area contributed by atoms with Crippen molar-refractivity contribution in [1.29, 1.82) is 0 Å². The van der Waals surface area contributed by atoms with Gasteiger partial charge in [-0.15, -0.1) is 0 Å². The van der Waals surface area contributed by atoms with Crippen molar-refractivity contribution in [2.75, 3.05) is 0 Å². The van der Waals surface area contributed by atoms with E-state index >= 15 is 0 Å². The second kappa shape index (κ2) is 9.44. The summed E-state index contributed by atoms with van der Waals surface area (Å²) in [6, 6.07) is 17.2. The molecule has 0 saturated heterocycles. The molecule has 2 heterocycles. The minimum absolute atomic E-state index is 0.133. The lowest BCUT2D eigenvalue weighted by molar-refractivity contribution is -0.0412. The van der Waals surface area contributed by atoms with Gasteiger partial charge in [0.1, 0.15) is 0 Å². The first-order valence-corrected chi connectivity index (χ1v) is 15.4. The van der Waals surface area contributed by atoms with Gasteiger partial charge < -0.3 is 5.11 Å². The average molecular weight is 522 g/mol. The smallest absolute Gasteiger partial charge is 0.0928 e. The molecule has 4 aliphatic carbocycles. The number of allylic oxidation sites excluding steroid dienone is 1. The molecule has 0 aliphatic heterocycles. The summed E-state index contributed by atoms with van der Waals surface area (Å²) in [5, 5.41) is 15.8. The molecule has 204 valence electrons.